The zero-order valence-corrected chi connectivity index (χ0v) is 13.4. The van der Waals surface area contributed by atoms with Crippen molar-refractivity contribution in [2.24, 2.45) is 7.05 Å². The van der Waals surface area contributed by atoms with E-state index in [2.05, 4.69) is 25.6 Å². The van der Waals surface area contributed by atoms with Crippen LogP contribution in [0, 0.1) is 0 Å². The summed E-state index contributed by atoms with van der Waals surface area (Å²) >= 11 is 0. The summed E-state index contributed by atoms with van der Waals surface area (Å²) in [5, 5.41) is 14.3. The number of hydrogen-bond donors (Lipinski definition) is 2. The van der Waals surface area contributed by atoms with Gasteiger partial charge in [0.1, 0.15) is 6.33 Å². The van der Waals surface area contributed by atoms with Gasteiger partial charge in [-0.15, -0.1) is 0 Å². The average Bonchev–Trinajstić information content (AvgIpc) is 3.24. The van der Waals surface area contributed by atoms with Gasteiger partial charge in [-0.3, -0.25) is 14.6 Å². The van der Waals surface area contributed by atoms with Crippen molar-refractivity contribution >= 4 is 11.6 Å². The Labute approximate surface area is 139 Å². The number of nitrogens with zero attached hydrogens (tertiary/aromatic N) is 4. The van der Waals surface area contributed by atoms with E-state index in [1.165, 1.54) is 0 Å². The predicted octanol–water partition coefficient (Wildman–Crippen LogP) is 2.26. The molecular weight excluding hydrogens is 304 g/mol. The molecule has 2 aromatic heterocycles. The molecule has 24 heavy (non-hydrogen) atoms. The maximum absolute atomic E-state index is 12.6. The van der Waals surface area contributed by atoms with Crippen molar-refractivity contribution in [1.82, 2.24) is 25.0 Å². The minimum atomic E-state index is -0.135. The molecule has 0 saturated carbocycles. The first-order chi connectivity index (χ1) is 11.7. The quantitative estimate of drug-likeness (QED) is 0.774. The minimum absolute atomic E-state index is 0.0149. The number of carbonyl (C=O) groups is 1. The van der Waals surface area contributed by atoms with Gasteiger partial charge in [0.2, 0.25) is 5.91 Å². The van der Waals surface area contributed by atoms with E-state index in [9.17, 15) is 4.79 Å². The van der Waals surface area contributed by atoms with Crippen molar-refractivity contribution in [1.29, 1.82) is 0 Å². The van der Waals surface area contributed by atoms with E-state index < -0.39 is 0 Å². The van der Waals surface area contributed by atoms with Crippen LogP contribution >= 0.6 is 0 Å². The first-order valence-corrected chi connectivity index (χ1v) is 8.00. The molecule has 0 bridgehead atoms. The number of nitrogens with one attached hydrogen (secondary N) is 2. The second kappa shape index (κ2) is 5.92. The summed E-state index contributed by atoms with van der Waals surface area (Å²) in [4.78, 5) is 16.8. The molecule has 1 aliphatic rings. The van der Waals surface area contributed by atoms with Gasteiger partial charge in [0.05, 0.1) is 12.1 Å². The Morgan fingerprint density at radius 3 is 2.92 bits per heavy atom. The molecule has 1 unspecified atom stereocenters. The van der Waals surface area contributed by atoms with Gasteiger partial charge in [0.15, 0.2) is 5.82 Å². The lowest BCUT2D eigenvalue weighted by Gasteiger charge is -2.21. The van der Waals surface area contributed by atoms with Crippen LogP contribution in [0.3, 0.4) is 0 Å². The number of rotatable bonds is 3. The first kappa shape index (κ1) is 14.6. The highest BCUT2D eigenvalue weighted by Gasteiger charge is 2.27. The number of amides is 1. The van der Waals surface area contributed by atoms with Gasteiger partial charge in [-0.2, -0.15) is 10.2 Å². The molecule has 3 aromatic rings. The van der Waals surface area contributed by atoms with Crippen molar-refractivity contribution in [3.8, 4) is 11.4 Å². The second-order valence-electron chi connectivity index (χ2n) is 6.06. The van der Waals surface area contributed by atoms with E-state index in [0.29, 0.717) is 5.82 Å². The third-order valence-corrected chi connectivity index (χ3v) is 4.37. The predicted molar refractivity (Wildman–Crippen MR) is 89.3 cm³/mol. The topological polar surface area (TPSA) is 88.5 Å². The fourth-order valence-electron chi connectivity index (χ4n) is 3.14. The third kappa shape index (κ3) is 2.68. The van der Waals surface area contributed by atoms with Gasteiger partial charge in [-0.1, -0.05) is 0 Å². The van der Waals surface area contributed by atoms with Crippen molar-refractivity contribution in [2.75, 3.05) is 5.32 Å². The second-order valence-corrected chi connectivity index (χ2v) is 6.06. The van der Waals surface area contributed by atoms with E-state index in [-0.39, 0.29) is 11.8 Å². The number of aromatic amines is 1. The number of hydrogen-bond acceptors (Lipinski definition) is 4. The zero-order chi connectivity index (χ0) is 16.5. The number of fused-ring (bicyclic) bond motifs is 1. The van der Waals surface area contributed by atoms with E-state index in [1.807, 2.05) is 31.3 Å². The highest BCUT2D eigenvalue weighted by molar-refractivity contribution is 5.96. The minimum Gasteiger partial charge on any atom is -0.326 e. The highest BCUT2D eigenvalue weighted by Crippen LogP contribution is 2.31. The third-order valence-electron chi connectivity index (χ3n) is 4.37. The van der Waals surface area contributed by atoms with Crippen LogP contribution in [0.1, 0.15) is 30.0 Å². The molecule has 4 rings (SSSR count). The average molecular weight is 322 g/mol. The zero-order valence-electron chi connectivity index (χ0n) is 13.4. The van der Waals surface area contributed by atoms with Gasteiger partial charge >= 0.3 is 0 Å². The monoisotopic (exact) mass is 322 g/mol. The van der Waals surface area contributed by atoms with Crippen LogP contribution in [-0.2, 0) is 18.3 Å². The van der Waals surface area contributed by atoms with E-state index in [4.69, 9.17) is 0 Å². The van der Waals surface area contributed by atoms with Gasteiger partial charge in [-0.05, 0) is 43.5 Å². The van der Waals surface area contributed by atoms with Crippen molar-refractivity contribution in [3.05, 3.63) is 48.0 Å². The van der Waals surface area contributed by atoms with Crippen LogP contribution in [-0.4, -0.2) is 30.9 Å². The molecule has 122 valence electrons. The molecule has 0 spiro atoms. The van der Waals surface area contributed by atoms with Crippen LogP contribution < -0.4 is 5.32 Å². The smallest absolute Gasteiger partial charge is 0.232 e. The number of anilines is 1. The number of aryl methyl sites for hydroxylation is 2. The number of carbonyl (C=O) groups excluding carboxylic acids is 1. The van der Waals surface area contributed by atoms with Crippen LogP contribution in [0.25, 0.3) is 11.4 Å². The molecular formula is C17H18N6O. The van der Waals surface area contributed by atoms with Crippen LogP contribution in [0.15, 0.2) is 36.8 Å². The molecule has 0 fully saturated rings. The SMILES string of the molecule is Cn1cnc(-c2ccc(NC(=O)C3CCCc4[nH]ncc43)cc2)n1. The Bertz CT molecular complexity index is 863. The standard InChI is InChI=1S/C17H18N6O/c1-23-10-18-16(22-23)11-5-7-12(8-6-11)20-17(24)13-3-2-4-15-14(13)9-19-21-15/h5-10,13H,2-4H2,1H3,(H,19,21)(H,20,24). The fourth-order valence-corrected chi connectivity index (χ4v) is 3.14. The Morgan fingerprint density at radius 2 is 2.17 bits per heavy atom. The maximum atomic E-state index is 12.6. The number of aromatic nitrogens is 5. The van der Waals surface area contributed by atoms with Crippen LogP contribution in [0.2, 0.25) is 0 Å². The summed E-state index contributed by atoms with van der Waals surface area (Å²) in [6.07, 6.45) is 6.25. The lowest BCUT2D eigenvalue weighted by atomic mass is 9.86. The molecule has 1 aliphatic carbocycles. The van der Waals surface area contributed by atoms with Gasteiger partial charge < -0.3 is 5.32 Å². The number of H-pyrrole nitrogens is 1. The van der Waals surface area contributed by atoms with Crippen molar-refractivity contribution < 1.29 is 4.79 Å². The fraction of sp³-hybridized carbons (Fsp3) is 0.294. The summed E-state index contributed by atoms with van der Waals surface area (Å²) in [6.45, 7) is 0. The normalized spacial score (nSPS) is 16.6. The summed E-state index contributed by atoms with van der Waals surface area (Å²) < 4.78 is 1.66. The van der Waals surface area contributed by atoms with Crippen LogP contribution in [0.4, 0.5) is 5.69 Å². The molecule has 1 aromatic carbocycles. The highest BCUT2D eigenvalue weighted by atomic mass is 16.1. The summed E-state index contributed by atoms with van der Waals surface area (Å²) in [7, 11) is 1.83. The Kier molecular flexibility index (Phi) is 3.60. The van der Waals surface area contributed by atoms with Gasteiger partial charge in [-0.25, -0.2) is 4.98 Å². The van der Waals surface area contributed by atoms with Crippen molar-refractivity contribution in [2.45, 2.75) is 25.2 Å². The molecule has 1 atom stereocenters. The van der Waals surface area contributed by atoms with E-state index >= 15 is 0 Å². The van der Waals surface area contributed by atoms with E-state index in [0.717, 1.165) is 41.8 Å². The summed E-state index contributed by atoms with van der Waals surface area (Å²) in [5.41, 5.74) is 3.80. The van der Waals surface area contributed by atoms with Crippen LogP contribution in [0.5, 0.6) is 0 Å². The Hall–Kier alpha value is -2.96. The number of benzene rings is 1. The molecule has 7 nitrogen and oxygen atoms in total. The molecule has 0 aliphatic heterocycles. The Morgan fingerprint density at radius 1 is 1.33 bits per heavy atom. The lowest BCUT2D eigenvalue weighted by Crippen LogP contribution is -2.24. The summed E-state index contributed by atoms with van der Waals surface area (Å²) in [6, 6.07) is 7.58. The molecule has 2 N–H and O–H groups in total. The molecule has 1 amide bonds. The van der Waals surface area contributed by atoms with Crippen molar-refractivity contribution in [3.63, 3.8) is 0 Å². The summed E-state index contributed by atoms with van der Waals surface area (Å²) in [5.74, 6) is 0.552. The molecule has 2 heterocycles. The van der Waals surface area contributed by atoms with E-state index in [1.54, 1.807) is 17.2 Å². The first-order valence-electron chi connectivity index (χ1n) is 8.00. The molecule has 7 heteroatoms. The molecule has 0 radical (unpaired) electrons. The van der Waals surface area contributed by atoms with Gasteiger partial charge in [0, 0.05) is 29.6 Å². The molecule has 0 saturated heterocycles. The van der Waals surface area contributed by atoms with Gasteiger partial charge in [0.25, 0.3) is 0 Å². The lowest BCUT2D eigenvalue weighted by molar-refractivity contribution is -0.117. The Balaban J connectivity index is 1.49. The largest absolute Gasteiger partial charge is 0.326 e. The maximum Gasteiger partial charge on any atom is 0.232 e.